The number of esters is 3. The summed E-state index contributed by atoms with van der Waals surface area (Å²) >= 11 is 0. The number of carbonyl (C=O) groups excluding carboxylic acids is 3. The minimum Gasteiger partial charge on any atom is -0.390 e. The molecule has 0 unspecified atom stereocenters. The highest BCUT2D eigenvalue weighted by Crippen LogP contribution is 2.09. The van der Waals surface area contributed by atoms with E-state index in [0.717, 1.165) is 19.3 Å². The first-order chi connectivity index (χ1) is 10.5. The van der Waals surface area contributed by atoms with Crippen molar-refractivity contribution in [2.75, 3.05) is 0 Å². The van der Waals surface area contributed by atoms with E-state index in [1.807, 2.05) is 20.8 Å². The van der Waals surface area contributed by atoms with E-state index in [4.69, 9.17) is 14.2 Å². The van der Waals surface area contributed by atoms with Crippen LogP contribution < -0.4 is 0 Å². The molecule has 0 N–H and O–H groups in total. The van der Waals surface area contributed by atoms with Crippen LogP contribution in [0.5, 0.6) is 0 Å². The molecule has 0 rings (SSSR count). The van der Waals surface area contributed by atoms with Gasteiger partial charge in [-0.1, -0.05) is 40.0 Å². The first kappa shape index (κ1) is 20.4. The number of ether oxygens (including phenoxy) is 3. The van der Waals surface area contributed by atoms with Crippen LogP contribution in [0.1, 0.15) is 78.6 Å². The molecule has 22 heavy (non-hydrogen) atoms. The number of rotatable bonds is 12. The summed E-state index contributed by atoms with van der Waals surface area (Å²) < 4.78 is 14.8. The number of unbranched alkanes of at least 4 members (excludes halogenated alkanes) is 3. The third-order valence-corrected chi connectivity index (χ3v) is 2.89. The van der Waals surface area contributed by atoms with Crippen LogP contribution in [0.15, 0.2) is 0 Å². The molecule has 0 amide bonds. The van der Waals surface area contributed by atoms with Crippen molar-refractivity contribution >= 4 is 17.9 Å². The van der Waals surface area contributed by atoms with Crippen molar-refractivity contribution in [2.24, 2.45) is 0 Å². The van der Waals surface area contributed by atoms with Crippen LogP contribution in [0.25, 0.3) is 0 Å². The third kappa shape index (κ3) is 11.1. The average Bonchev–Trinajstić information content (AvgIpc) is 2.48. The van der Waals surface area contributed by atoms with E-state index in [1.54, 1.807) is 0 Å². The fourth-order valence-electron chi connectivity index (χ4n) is 1.53. The van der Waals surface area contributed by atoms with E-state index in [-0.39, 0.29) is 19.3 Å². The van der Waals surface area contributed by atoms with Crippen molar-refractivity contribution < 1.29 is 28.6 Å². The monoisotopic (exact) mass is 316 g/mol. The second kappa shape index (κ2) is 13.1. The predicted molar refractivity (Wildman–Crippen MR) is 80.6 cm³/mol. The quantitative estimate of drug-likeness (QED) is 0.405. The van der Waals surface area contributed by atoms with Gasteiger partial charge in [0.05, 0.1) is 0 Å². The van der Waals surface area contributed by atoms with Crippen LogP contribution in [-0.4, -0.2) is 24.4 Å². The van der Waals surface area contributed by atoms with E-state index >= 15 is 0 Å². The minimum absolute atomic E-state index is 0.200. The maximum absolute atomic E-state index is 11.6. The van der Waals surface area contributed by atoms with Gasteiger partial charge in [0.2, 0.25) is 0 Å². The Hall–Kier alpha value is -1.59. The third-order valence-electron chi connectivity index (χ3n) is 2.89. The fourth-order valence-corrected chi connectivity index (χ4v) is 1.53. The summed E-state index contributed by atoms with van der Waals surface area (Å²) in [4.78, 5) is 34.8. The minimum atomic E-state index is -1.57. The molecule has 0 spiro atoms. The fraction of sp³-hybridized carbons (Fsp3) is 0.812. The molecule has 0 heterocycles. The SMILES string of the molecule is CCCCC(=O)OC(OC(=O)CCCC)OC(=O)CCCC. The zero-order chi connectivity index (χ0) is 16.8. The molecular formula is C16H28O6. The van der Waals surface area contributed by atoms with Gasteiger partial charge in [-0.2, -0.15) is 0 Å². The molecule has 0 radical (unpaired) electrons. The zero-order valence-electron chi connectivity index (χ0n) is 13.9. The summed E-state index contributed by atoms with van der Waals surface area (Å²) in [5.74, 6) is -1.63. The zero-order valence-corrected chi connectivity index (χ0v) is 13.9. The van der Waals surface area contributed by atoms with Gasteiger partial charge in [-0.05, 0) is 19.3 Å². The van der Waals surface area contributed by atoms with Crippen LogP contribution in [-0.2, 0) is 28.6 Å². The summed E-state index contributed by atoms with van der Waals surface area (Å²) in [5.41, 5.74) is 0. The first-order valence-corrected chi connectivity index (χ1v) is 8.11. The largest absolute Gasteiger partial charge is 0.412 e. The van der Waals surface area contributed by atoms with Crippen molar-refractivity contribution in [3.05, 3.63) is 0 Å². The first-order valence-electron chi connectivity index (χ1n) is 8.11. The van der Waals surface area contributed by atoms with Crippen LogP contribution in [0.4, 0.5) is 0 Å². The summed E-state index contributed by atoms with van der Waals surface area (Å²) in [7, 11) is 0. The van der Waals surface area contributed by atoms with E-state index in [2.05, 4.69) is 0 Å². The molecule has 0 aromatic rings. The van der Waals surface area contributed by atoms with Crippen LogP contribution in [0, 0.1) is 0 Å². The molecule has 0 saturated heterocycles. The smallest absolute Gasteiger partial charge is 0.390 e. The Bertz CT molecular complexity index is 287. The molecule has 128 valence electrons. The van der Waals surface area contributed by atoms with Crippen LogP contribution in [0.2, 0.25) is 0 Å². The van der Waals surface area contributed by atoms with Gasteiger partial charge >= 0.3 is 24.4 Å². The van der Waals surface area contributed by atoms with Crippen LogP contribution in [0.3, 0.4) is 0 Å². The van der Waals surface area contributed by atoms with Gasteiger partial charge in [0.15, 0.2) is 0 Å². The second-order valence-corrected chi connectivity index (χ2v) is 5.07. The van der Waals surface area contributed by atoms with Gasteiger partial charge < -0.3 is 14.2 Å². The predicted octanol–water partition coefficient (Wildman–Crippen LogP) is 3.47. The summed E-state index contributed by atoms with van der Waals surface area (Å²) in [6.45, 7) is 4.26. The highest BCUT2D eigenvalue weighted by atomic mass is 16.9. The summed E-state index contributed by atoms with van der Waals surface area (Å²) in [6.07, 6.45) is 5.12. The maximum atomic E-state index is 11.6. The van der Waals surface area contributed by atoms with Gasteiger partial charge in [0.1, 0.15) is 0 Å². The molecule has 0 aliphatic rings. The van der Waals surface area contributed by atoms with E-state index in [1.165, 1.54) is 0 Å². The van der Waals surface area contributed by atoms with E-state index in [9.17, 15) is 14.4 Å². The van der Waals surface area contributed by atoms with Crippen molar-refractivity contribution in [3.8, 4) is 0 Å². The van der Waals surface area contributed by atoms with Crippen molar-refractivity contribution in [1.29, 1.82) is 0 Å². The Morgan fingerprint density at radius 3 is 1.14 bits per heavy atom. The molecule has 0 aliphatic carbocycles. The Morgan fingerprint density at radius 2 is 0.909 bits per heavy atom. The lowest BCUT2D eigenvalue weighted by molar-refractivity contribution is -0.258. The topological polar surface area (TPSA) is 78.9 Å². The Balaban J connectivity index is 4.44. The lowest BCUT2D eigenvalue weighted by Crippen LogP contribution is -2.29. The molecule has 0 atom stereocenters. The second-order valence-electron chi connectivity index (χ2n) is 5.07. The number of hydrogen-bond acceptors (Lipinski definition) is 6. The summed E-state index contributed by atoms with van der Waals surface area (Å²) in [5, 5.41) is 0. The highest BCUT2D eigenvalue weighted by Gasteiger charge is 2.22. The average molecular weight is 316 g/mol. The molecule has 0 aromatic heterocycles. The van der Waals surface area contributed by atoms with Gasteiger partial charge in [0, 0.05) is 19.3 Å². The molecule has 0 saturated carbocycles. The maximum Gasteiger partial charge on any atom is 0.412 e. The molecule has 0 aromatic carbocycles. The standard InChI is InChI=1S/C16H28O6/c1-4-7-10-13(17)20-16(21-14(18)11-8-5-2)22-15(19)12-9-6-3/h16H,4-12H2,1-3H3. The van der Waals surface area contributed by atoms with E-state index < -0.39 is 24.4 Å². The van der Waals surface area contributed by atoms with Crippen molar-refractivity contribution in [2.45, 2.75) is 85.0 Å². The Labute approximate surface area is 132 Å². The number of carbonyl (C=O) groups is 3. The molecule has 6 nitrogen and oxygen atoms in total. The van der Waals surface area contributed by atoms with Crippen molar-refractivity contribution in [1.82, 2.24) is 0 Å². The van der Waals surface area contributed by atoms with Gasteiger partial charge in [-0.15, -0.1) is 0 Å². The number of hydrogen-bond donors (Lipinski definition) is 0. The molecular weight excluding hydrogens is 288 g/mol. The lowest BCUT2D eigenvalue weighted by Gasteiger charge is -2.18. The highest BCUT2D eigenvalue weighted by molar-refractivity contribution is 5.73. The van der Waals surface area contributed by atoms with Gasteiger partial charge in [0.25, 0.3) is 0 Å². The Kier molecular flexibility index (Phi) is 12.2. The molecule has 0 bridgehead atoms. The lowest BCUT2D eigenvalue weighted by atomic mass is 10.2. The van der Waals surface area contributed by atoms with E-state index in [0.29, 0.717) is 19.3 Å². The van der Waals surface area contributed by atoms with Crippen LogP contribution >= 0.6 is 0 Å². The van der Waals surface area contributed by atoms with Gasteiger partial charge in [-0.25, -0.2) is 0 Å². The van der Waals surface area contributed by atoms with Gasteiger partial charge in [-0.3, -0.25) is 14.4 Å². The Morgan fingerprint density at radius 1 is 0.636 bits per heavy atom. The van der Waals surface area contributed by atoms with Crippen molar-refractivity contribution in [3.63, 3.8) is 0 Å². The molecule has 0 aliphatic heterocycles. The normalized spacial score (nSPS) is 10.4. The molecule has 6 heteroatoms. The summed E-state index contributed by atoms with van der Waals surface area (Å²) in [6, 6.07) is 0. The molecule has 0 fully saturated rings.